The highest BCUT2D eigenvalue weighted by atomic mass is 32.2. The number of nitrogens with one attached hydrogen (secondary N) is 1. The SMILES string of the molecule is CCCCCCc1cc(C2CSC(Nc3ccc(-c4ncn(-c5ccc(OC(F)(F)F)cc5)n4)cc3)=N2)ccc1OC(F)(F)F. The smallest absolute Gasteiger partial charge is 0.406 e. The summed E-state index contributed by atoms with van der Waals surface area (Å²) >= 11 is 1.52. The number of hydrogen-bond acceptors (Lipinski definition) is 7. The molecule has 0 bridgehead atoms. The third-order valence-electron chi connectivity index (χ3n) is 6.87. The summed E-state index contributed by atoms with van der Waals surface area (Å²) in [5, 5.41) is 8.38. The molecule has 0 fully saturated rings. The molecule has 0 spiro atoms. The number of unbranched alkanes of at least 4 members (excludes halogenated alkanes) is 3. The lowest BCUT2D eigenvalue weighted by Crippen LogP contribution is -2.18. The molecule has 7 nitrogen and oxygen atoms in total. The molecule has 1 atom stereocenters. The number of nitrogens with zero attached hydrogens (tertiary/aromatic N) is 4. The molecule has 0 radical (unpaired) electrons. The predicted octanol–water partition coefficient (Wildman–Crippen LogP) is 9.11. The summed E-state index contributed by atoms with van der Waals surface area (Å²) < 4.78 is 85.8. The van der Waals surface area contributed by atoms with Crippen molar-refractivity contribution >= 4 is 22.6 Å². The van der Waals surface area contributed by atoms with E-state index in [-0.39, 0.29) is 17.5 Å². The van der Waals surface area contributed by atoms with E-state index in [4.69, 9.17) is 4.99 Å². The number of ether oxygens (including phenoxy) is 2. The van der Waals surface area contributed by atoms with Crippen LogP contribution in [0.1, 0.15) is 49.8 Å². The summed E-state index contributed by atoms with van der Waals surface area (Å²) in [7, 11) is 0. The minimum atomic E-state index is -4.77. The molecule has 1 aliphatic heterocycles. The lowest BCUT2D eigenvalue weighted by atomic mass is 10.00. The molecule has 14 heteroatoms. The van der Waals surface area contributed by atoms with Gasteiger partial charge in [-0.25, -0.2) is 9.67 Å². The minimum Gasteiger partial charge on any atom is -0.406 e. The first-order chi connectivity index (χ1) is 21.5. The monoisotopic (exact) mass is 649 g/mol. The molecule has 0 aliphatic carbocycles. The van der Waals surface area contributed by atoms with Crippen molar-refractivity contribution in [2.75, 3.05) is 11.1 Å². The van der Waals surface area contributed by atoms with Crippen molar-refractivity contribution in [3.63, 3.8) is 0 Å². The molecule has 1 unspecified atom stereocenters. The fourth-order valence-corrected chi connectivity index (χ4v) is 5.70. The summed E-state index contributed by atoms with van der Waals surface area (Å²) in [6.45, 7) is 2.08. The second-order valence-corrected chi connectivity index (χ2v) is 11.3. The van der Waals surface area contributed by atoms with Crippen molar-refractivity contribution in [2.45, 2.75) is 57.8 Å². The molecule has 45 heavy (non-hydrogen) atoms. The van der Waals surface area contributed by atoms with Crippen LogP contribution in [-0.4, -0.2) is 38.4 Å². The predicted molar refractivity (Wildman–Crippen MR) is 161 cm³/mol. The first-order valence-corrected chi connectivity index (χ1v) is 15.2. The average Bonchev–Trinajstić information content (AvgIpc) is 3.66. The molecule has 238 valence electrons. The van der Waals surface area contributed by atoms with Gasteiger partial charge in [0.2, 0.25) is 0 Å². The van der Waals surface area contributed by atoms with E-state index in [1.165, 1.54) is 53.1 Å². The Bertz CT molecular complexity index is 1600. The van der Waals surface area contributed by atoms with E-state index in [9.17, 15) is 26.3 Å². The molecule has 3 aromatic carbocycles. The van der Waals surface area contributed by atoms with Gasteiger partial charge in [-0.2, -0.15) is 0 Å². The molecule has 0 saturated heterocycles. The van der Waals surface area contributed by atoms with Crippen molar-refractivity contribution < 1.29 is 35.8 Å². The Morgan fingerprint density at radius 1 is 0.889 bits per heavy atom. The second kappa shape index (κ2) is 13.8. The Morgan fingerprint density at radius 2 is 1.62 bits per heavy atom. The molecule has 4 aromatic rings. The van der Waals surface area contributed by atoms with Crippen LogP contribution in [0.4, 0.5) is 32.0 Å². The van der Waals surface area contributed by atoms with Gasteiger partial charge >= 0.3 is 12.7 Å². The van der Waals surface area contributed by atoms with E-state index in [0.717, 1.165) is 42.5 Å². The Labute approximate surface area is 259 Å². The first-order valence-electron chi connectivity index (χ1n) is 14.2. The van der Waals surface area contributed by atoms with Crippen LogP contribution in [0.25, 0.3) is 17.1 Å². The van der Waals surface area contributed by atoms with Gasteiger partial charge in [0.15, 0.2) is 11.0 Å². The molecular weight excluding hydrogens is 620 g/mol. The van der Waals surface area contributed by atoms with Crippen LogP contribution in [0, 0.1) is 0 Å². The maximum atomic E-state index is 13.0. The Kier molecular flexibility index (Phi) is 9.90. The zero-order valence-electron chi connectivity index (χ0n) is 24.0. The van der Waals surface area contributed by atoms with Crippen molar-refractivity contribution in [3.05, 3.63) is 84.2 Å². The molecule has 1 N–H and O–H groups in total. The van der Waals surface area contributed by atoms with Gasteiger partial charge in [0.25, 0.3) is 0 Å². The Balaban J connectivity index is 1.22. The number of anilines is 1. The highest BCUT2D eigenvalue weighted by Crippen LogP contribution is 2.35. The van der Waals surface area contributed by atoms with Gasteiger partial charge in [-0.05, 0) is 84.6 Å². The van der Waals surface area contributed by atoms with Crippen molar-refractivity contribution in [2.24, 2.45) is 4.99 Å². The highest BCUT2D eigenvalue weighted by molar-refractivity contribution is 8.14. The van der Waals surface area contributed by atoms with E-state index < -0.39 is 12.7 Å². The number of alkyl halides is 6. The summed E-state index contributed by atoms with van der Waals surface area (Å²) in [5.41, 5.74) is 3.37. The summed E-state index contributed by atoms with van der Waals surface area (Å²) in [5.74, 6) is 0.568. The maximum absolute atomic E-state index is 13.0. The third kappa shape index (κ3) is 9.16. The number of amidine groups is 1. The van der Waals surface area contributed by atoms with E-state index >= 15 is 0 Å². The fourth-order valence-electron chi connectivity index (χ4n) is 4.73. The number of hydrogen-bond donors (Lipinski definition) is 1. The molecule has 1 aromatic heterocycles. The average molecular weight is 650 g/mol. The van der Waals surface area contributed by atoms with Crippen LogP contribution in [-0.2, 0) is 6.42 Å². The number of halogens is 6. The lowest BCUT2D eigenvalue weighted by molar-refractivity contribution is -0.275. The van der Waals surface area contributed by atoms with Crippen LogP contribution in [0.3, 0.4) is 0 Å². The van der Waals surface area contributed by atoms with Gasteiger partial charge in [0, 0.05) is 17.0 Å². The normalized spacial score (nSPS) is 15.2. The first kappa shape index (κ1) is 32.2. The molecule has 1 aliphatic rings. The quantitative estimate of drug-likeness (QED) is 0.129. The molecular formula is C31H29F6N5O2S. The minimum absolute atomic E-state index is 0.163. The summed E-state index contributed by atoms with van der Waals surface area (Å²) in [6, 6.07) is 17.2. The van der Waals surface area contributed by atoms with Gasteiger partial charge in [-0.15, -0.1) is 31.4 Å². The standard InChI is InChI=1S/C31H29F6N5O2S/c1-2-3-4-5-6-22-17-21(9-16-27(22)44-31(35,36)37)26-18-45-29(40-26)39-23-10-7-20(8-11-23)28-38-19-42(41-28)24-12-14-25(15-13-24)43-30(32,33)34/h7-17,19,26H,2-6,18H2,1H3,(H,39,40). The van der Waals surface area contributed by atoms with Gasteiger partial charge in [-0.1, -0.05) is 44.0 Å². The van der Waals surface area contributed by atoms with Crippen molar-refractivity contribution in [3.8, 4) is 28.6 Å². The lowest BCUT2D eigenvalue weighted by Gasteiger charge is -2.16. The van der Waals surface area contributed by atoms with Gasteiger partial charge in [0.1, 0.15) is 17.8 Å². The molecule has 0 amide bonds. The number of rotatable bonds is 11. The Hall–Kier alpha value is -4.20. The van der Waals surface area contributed by atoms with E-state index in [2.05, 4.69) is 31.8 Å². The number of benzene rings is 3. The van der Waals surface area contributed by atoms with Gasteiger partial charge in [-0.3, -0.25) is 4.99 Å². The number of aryl methyl sites for hydroxylation is 1. The number of aromatic nitrogens is 3. The van der Waals surface area contributed by atoms with E-state index in [0.29, 0.717) is 34.4 Å². The van der Waals surface area contributed by atoms with Crippen LogP contribution in [0.2, 0.25) is 0 Å². The topological polar surface area (TPSA) is 73.6 Å². The third-order valence-corrected chi connectivity index (χ3v) is 7.83. The van der Waals surface area contributed by atoms with E-state index in [1.54, 1.807) is 12.1 Å². The number of aliphatic imine (C=N–C) groups is 1. The zero-order valence-corrected chi connectivity index (χ0v) is 24.8. The van der Waals surface area contributed by atoms with Crippen LogP contribution < -0.4 is 14.8 Å². The molecule has 5 rings (SSSR count). The summed E-state index contributed by atoms with van der Waals surface area (Å²) in [6.07, 6.45) is -3.79. The van der Waals surface area contributed by atoms with E-state index in [1.807, 2.05) is 24.3 Å². The number of thioether (sulfide) groups is 1. The fraction of sp³-hybridized carbons (Fsp3) is 0.323. The molecule has 0 saturated carbocycles. The second-order valence-electron chi connectivity index (χ2n) is 10.2. The molecule has 2 heterocycles. The summed E-state index contributed by atoms with van der Waals surface area (Å²) in [4.78, 5) is 9.06. The van der Waals surface area contributed by atoms with Crippen LogP contribution in [0.5, 0.6) is 11.5 Å². The van der Waals surface area contributed by atoms with Gasteiger partial charge in [0.05, 0.1) is 11.7 Å². The van der Waals surface area contributed by atoms with Crippen LogP contribution >= 0.6 is 11.8 Å². The Morgan fingerprint density at radius 3 is 2.31 bits per heavy atom. The van der Waals surface area contributed by atoms with Crippen molar-refractivity contribution in [1.29, 1.82) is 0 Å². The van der Waals surface area contributed by atoms with Crippen LogP contribution in [0.15, 0.2) is 78.0 Å². The van der Waals surface area contributed by atoms with Crippen molar-refractivity contribution in [1.82, 2.24) is 14.8 Å². The maximum Gasteiger partial charge on any atom is 0.573 e. The zero-order chi connectivity index (χ0) is 32.0. The highest BCUT2D eigenvalue weighted by Gasteiger charge is 2.33. The largest absolute Gasteiger partial charge is 0.573 e. The van der Waals surface area contributed by atoms with Gasteiger partial charge < -0.3 is 14.8 Å².